The van der Waals surface area contributed by atoms with E-state index >= 15 is 0 Å². The summed E-state index contributed by atoms with van der Waals surface area (Å²) in [6.45, 7) is 6.08. The number of rotatable bonds is 3. The number of nitrogens with zero attached hydrogens (tertiary/aromatic N) is 3. The summed E-state index contributed by atoms with van der Waals surface area (Å²) in [5.74, 6) is -0.118. The highest BCUT2D eigenvalue weighted by atomic mass is 19.1. The molecular weight excluding hydrogens is 195 g/mol. The molecule has 5 heteroatoms. The van der Waals surface area contributed by atoms with Gasteiger partial charge in [0, 0.05) is 12.6 Å². The van der Waals surface area contributed by atoms with Crippen LogP contribution >= 0.6 is 0 Å². The first-order chi connectivity index (χ1) is 6.88. The first-order valence-electron chi connectivity index (χ1n) is 4.90. The van der Waals surface area contributed by atoms with Crippen molar-refractivity contribution in [2.75, 3.05) is 17.7 Å². The van der Waals surface area contributed by atoms with Crippen molar-refractivity contribution in [2.24, 2.45) is 0 Å². The van der Waals surface area contributed by atoms with E-state index in [0.717, 1.165) is 12.6 Å². The Morgan fingerprint density at radius 3 is 2.67 bits per heavy atom. The van der Waals surface area contributed by atoms with Crippen molar-refractivity contribution in [3.8, 4) is 0 Å². The molecule has 0 aliphatic rings. The third-order valence-electron chi connectivity index (χ3n) is 2.84. The monoisotopic (exact) mass is 212 g/mol. The number of halogens is 1. The first-order valence-corrected chi connectivity index (χ1v) is 4.90. The van der Waals surface area contributed by atoms with Crippen LogP contribution in [-0.4, -0.2) is 22.6 Å². The molecule has 1 aromatic heterocycles. The van der Waals surface area contributed by atoms with Crippen molar-refractivity contribution < 1.29 is 4.39 Å². The fraction of sp³-hybridized carbons (Fsp3) is 0.600. The summed E-state index contributed by atoms with van der Waals surface area (Å²) in [5.41, 5.74) is 5.27. The lowest BCUT2D eigenvalue weighted by molar-refractivity contribution is 0.457. The molecule has 0 aromatic carbocycles. The molecule has 0 fully saturated rings. The molecule has 0 bridgehead atoms. The van der Waals surface area contributed by atoms with E-state index < -0.39 is 5.82 Å². The molecule has 0 radical (unpaired) electrons. The first kappa shape index (κ1) is 11.7. The van der Waals surface area contributed by atoms with Crippen LogP contribution in [0.3, 0.4) is 0 Å². The number of nitrogen functional groups attached to an aromatic ring is 1. The average molecular weight is 212 g/mol. The van der Waals surface area contributed by atoms with Crippen LogP contribution in [0.5, 0.6) is 0 Å². The molecule has 0 unspecified atom stereocenters. The van der Waals surface area contributed by atoms with Gasteiger partial charge in [-0.3, -0.25) is 0 Å². The molecule has 0 atom stereocenters. The molecule has 0 saturated carbocycles. The highest BCUT2D eigenvalue weighted by molar-refractivity contribution is 5.44. The summed E-state index contributed by atoms with van der Waals surface area (Å²) >= 11 is 0. The Labute approximate surface area is 89.3 Å². The van der Waals surface area contributed by atoms with Gasteiger partial charge >= 0.3 is 0 Å². The van der Waals surface area contributed by atoms with Crippen LogP contribution in [0, 0.1) is 5.82 Å². The standard InChI is InChI=1S/C10H17FN4/c1-5-10(2,3)15(4)8-7(11)6-13-9(12)14-8/h6H,5H2,1-4H3,(H2,12,13,14). The highest BCUT2D eigenvalue weighted by Gasteiger charge is 2.25. The molecule has 0 saturated heterocycles. The van der Waals surface area contributed by atoms with Gasteiger partial charge in [-0.05, 0) is 20.3 Å². The molecule has 15 heavy (non-hydrogen) atoms. The van der Waals surface area contributed by atoms with E-state index in [9.17, 15) is 4.39 Å². The van der Waals surface area contributed by atoms with Gasteiger partial charge < -0.3 is 10.6 Å². The summed E-state index contributed by atoms with van der Waals surface area (Å²) in [6, 6.07) is 0. The molecule has 84 valence electrons. The van der Waals surface area contributed by atoms with Crippen LogP contribution in [0.1, 0.15) is 27.2 Å². The minimum atomic E-state index is -0.451. The third-order valence-corrected chi connectivity index (χ3v) is 2.84. The largest absolute Gasteiger partial charge is 0.368 e. The molecular formula is C10H17FN4. The van der Waals surface area contributed by atoms with Crippen LogP contribution in [0.15, 0.2) is 6.20 Å². The summed E-state index contributed by atoms with van der Waals surface area (Å²) in [5, 5.41) is 0. The lowest BCUT2D eigenvalue weighted by atomic mass is 10.00. The van der Waals surface area contributed by atoms with Crippen molar-refractivity contribution in [1.29, 1.82) is 0 Å². The Morgan fingerprint density at radius 1 is 1.53 bits per heavy atom. The zero-order valence-corrected chi connectivity index (χ0v) is 9.58. The van der Waals surface area contributed by atoms with Crippen LogP contribution in [0.2, 0.25) is 0 Å². The molecule has 0 spiro atoms. The lowest BCUT2D eigenvalue weighted by Gasteiger charge is -2.35. The third kappa shape index (κ3) is 2.34. The average Bonchev–Trinajstić information content (AvgIpc) is 2.20. The SMILES string of the molecule is CCC(C)(C)N(C)c1nc(N)ncc1F. The van der Waals surface area contributed by atoms with Crippen molar-refractivity contribution in [1.82, 2.24) is 9.97 Å². The van der Waals surface area contributed by atoms with Crippen molar-refractivity contribution >= 4 is 11.8 Å². The summed E-state index contributed by atoms with van der Waals surface area (Å²) in [7, 11) is 1.80. The molecule has 1 heterocycles. The van der Waals surface area contributed by atoms with E-state index in [-0.39, 0.29) is 17.3 Å². The minimum Gasteiger partial charge on any atom is -0.368 e. The van der Waals surface area contributed by atoms with Gasteiger partial charge in [0.15, 0.2) is 11.6 Å². The van der Waals surface area contributed by atoms with Crippen LogP contribution in [-0.2, 0) is 0 Å². The van der Waals surface area contributed by atoms with Crippen LogP contribution in [0.4, 0.5) is 16.2 Å². The van der Waals surface area contributed by atoms with E-state index in [2.05, 4.69) is 9.97 Å². The smallest absolute Gasteiger partial charge is 0.222 e. The lowest BCUT2D eigenvalue weighted by Crippen LogP contribution is -2.41. The maximum absolute atomic E-state index is 13.5. The Bertz CT molecular complexity index is 351. The number of hydrogen-bond acceptors (Lipinski definition) is 4. The summed E-state index contributed by atoms with van der Waals surface area (Å²) in [6.07, 6.45) is 1.98. The van der Waals surface area contributed by atoms with Crippen LogP contribution in [0.25, 0.3) is 0 Å². The number of nitrogens with two attached hydrogens (primary N) is 1. The van der Waals surface area contributed by atoms with Crippen molar-refractivity contribution in [3.63, 3.8) is 0 Å². The highest BCUT2D eigenvalue weighted by Crippen LogP contribution is 2.25. The van der Waals surface area contributed by atoms with Gasteiger partial charge in [0.1, 0.15) is 0 Å². The molecule has 0 aliphatic carbocycles. The summed E-state index contributed by atoms with van der Waals surface area (Å²) < 4.78 is 13.5. The second-order valence-electron chi connectivity index (χ2n) is 4.12. The number of anilines is 2. The molecule has 0 aliphatic heterocycles. The van der Waals surface area contributed by atoms with Gasteiger partial charge in [-0.2, -0.15) is 4.98 Å². The Hall–Kier alpha value is -1.39. The van der Waals surface area contributed by atoms with Crippen molar-refractivity contribution in [2.45, 2.75) is 32.7 Å². The zero-order chi connectivity index (χ0) is 11.6. The van der Waals surface area contributed by atoms with Crippen LogP contribution < -0.4 is 10.6 Å². The van der Waals surface area contributed by atoms with E-state index in [1.807, 2.05) is 20.8 Å². The molecule has 0 amide bonds. The fourth-order valence-corrected chi connectivity index (χ4v) is 1.13. The van der Waals surface area contributed by atoms with E-state index in [1.165, 1.54) is 0 Å². The maximum Gasteiger partial charge on any atom is 0.222 e. The molecule has 4 nitrogen and oxygen atoms in total. The number of hydrogen-bond donors (Lipinski definition) is 1. The van der Waals surface area contributed by atoms with Gasteiger partial charge in [-0.25, -0.2) is 9.37 Å². The van der Waals surface area contributed by atoms with Gasteiger partial charge in [0.2, 0.25) is 5.95 Å². The zero-order valence-electron chi connectivity index (χ0n) is 9.58. The van der Waals surface area contributed by atoms with E-state index in [1.54, 1.807) is 11.9 Å². The molecule has 1 aromatic rings. The maximum atomic E-state index is 13.5. The van der Waals surface area contributed by atoms with Gasteiger partial charge in [-0.1, -0.05) is 6.92 Å². The fourth-order valence-electron chi connectivity index (χ4n) is 1.13. The second kappa shape index (κ2) is 4.00. The van der Waals surface area contributed by atoms with E-state index in [0.29, 0.717) is 0 Å². The summed E-state index contributed by atoms with van der Waals surface area (Å²) in [4.78, 5) is 9.28. The molecule has 1 rings (SSSR count). The van der Waals surface area contributed by atoms with Crippen molar-refractivity contribution in [3.05, 3.63) is 12.0 Å². The topological polar surface area (TPSA) is 55.0 Å². The Balaban J connectivity index is 3.10. The normalized spacial score (nSPS) is 11.5. The predicted octanol–water partition coefficient (Wildman–Crippen LogP) is 1.82. The quantitative estimate of drug-likeness (QED) is 0.830. The predicted molar refractivity (Wildman–Crippen MR) is 59.2 cm³/mol. The van der Waals surface area contributed by atoms with Gasteiger partial charge in [0.05, 0.1) is 6.20 Å². The Morgan fingerprint density at radius 2 is 2.13 bits per heavy atom. The molecule has 2 N–H and O–H groups in total. The van der Waals surface area contributed by atoms with E-state index in [4.69, 9.17) is 5.73 Å². The minimum absolute atomic E-state index is 0.0881. The Kier molecular flexibility index (Phi) is 3.12. The van der Waals surface area contributed by atoms with Gasteiger partial charge in [-0.15, -0.1) is 0 Å². The number of aromatic nitrogens is 2. The van der Waals surface area contributed by atoms with Gasteiger partial charge in [0.25, 0.3) is 0 Å². The second-order valence-corrected chi connectivity index (χ2v) is 4.12.